The summed E-state index contributed by atoms with van der Waals surface area (Å²) in [5, 5.41) is 18.4. The summed E-state index contributed by atoms with van der Waals surface area (Å²) in [4.78, 5) is 0. The SMILES string of the molecule is CCCCCCCCc1ccc(CCC(N)(CO)CO)cc1.Cl.F[B-]1(F)n2cccc2C=C2C=CC=[N+]21. The number of aryl methyl sites for hydroxylation is 2. The highest BCUT2D eigenvalue weighted by Crippen LogP contribution is 2.28. The molecule has 0 unspecified atom stereocenters. The molecule has 0 saturated carbocycles. The molecular formula is C28H41BClF2N3O2. The van der Waals surface area contributed by atoms with Crippen molar-refractivity contribution in [2.45, 2.75) is 70.3 Å². The lowest BCUT2D eigenvalue weighted by molar-refractivity contribution is -0.355. The van der Waals surface area contributed by atoms with Crippen molar-refractivity contribution < 1.29 is 23.3 Å². The molecule has 5 nitrogen and oxygen atoms in total. The van der Waals surface area contributed by atoms with Crippen LogP contribution < -0.4 is 5.73 Å². The fourth-order valence-corrected chi connectivity index (χ4v) is 4.49. The number of benzene rings is 1. The predicted molar refractivity (Wildman–Crippen MR) is 151 cm³/mol. The highest BCUT2D eigenvalue weighted by molar-refractivity contribution is 6.57. The third-order valence-electron chi connectivity index (χ3n) is 6.97. The van der Waals surface area contributed by atoms with Crippen LogP contribution in [0.5, 0.6) is 0 Å². The molecule has 0 saturated heterocycles. The molecular weight excluding hydrogens is 495 g/mol. The number of fused-ring (bicyclic) bond motifs is 2. The number of aromatic nitrogens is 1. The number of aliphatic hydroxyl groups excluding tert-OH is 2. The van der Waals surface area contributed by atoms with Crippen LogP contribution >= 0.6 is 12.4 Å². The second-order valence-electron chi connectivity index (χ2n) is 9.93. The first kappa shape index (κ1) is 31.0. The van der Waals surface area contributed by atoms with E-state index in [1.807, 2.05) is 0 Å². The van der Waals surface area contributed by atoms with Crippen LogP contribution in [0.15, 0.2) is 60.4 Å². The summed E-state index contributed by atoms with van der Waals surface area (Å²) in [5.41, 5.74) is 8.74. The van der Waals surface area contributed by atoms with Gasteiger partial charge in [0, 0.05) is 23.9 Å². The molecule has 204 valence electrons. The van der Waals surface area contributed by atoms with Crippen LogP contribution in [0.3, 0.4) is 0 Å². The number of hydrogen-bond acceptors (Lipinski definition) is 3. The Balaban J connectivity index is 0.000000274. The number of rotatable bonds is 12. The highest BCUT2D eigenvalue weighted by Gasteiger charge is 2.49. The Morgan fingerprint density at radius 2 is 1.57 bits per heavy atom. The van der Waals surface area contributed by atoms with Gasteiger partial charge in [0.05, 0.1) is 18.8 Å². The number of halogens is 3. The minimum Gasteiger partial charge on any atom is -0.396 e. The molecule has 0 bridgehead atoms. The van der Waals surface area contributed by atoms with Crippen molar-refractivity contribution in [3.63, 3.8) is 0 Å². The Bertz CT molecular complexity index is 1060. The molecule has 0 amide bonds. The maximum Gasteiger partial charge on any atom is 0.736 e. The molecule has 2 aromatic rings. The van der Waals surface area contributed by atoms with Gasteiger partial charge in [0.2, 0.25) is 0 Å². The van der Waals surface area contributed by atoms with Gasteiger partial charge in [-0.05, 0) is 55.1 Å². The van der Waals surface area contributed by atoms with Crippen molar-refractivity contribution in [2.75, 3.05) is 13.2 Å². The van der Waals surface area contributed by atoms with E-state index in [1.54, 1.807) is 30.4 Å². The maximum atomic E-state index is 13.8. The fourth-order valence-electron chi connectivity index (χ4n) is 4.49. The molecule has 4 N–H and O–H groups in total. The molecule has 0 aliphatic carbocycles. The monoisotopic (exact) mass is 535 g/mol. The molecule has 1 aromatic heterocycles. The quantitative estimate of drug-likeness (QED) is 0.254. The zero-order chi connectivity index (χ0) is 26.0. The third kappa shape index (κ3) is 8.37. The Kier molecular flexibility index (Phi) is 12.2. The summed E-state index contributed by atoms with van der Waals surface area (Å²) in [6.07, 6.45) is 18.4. The van der Waals surface area contributed by atoms with E-state index in [2.05, 4.69) is 31.2 Å². The van der Waals surface area contributed by atoms with Crippen LogP contribution in [0.2, 0.25) is 0 Å². The van der Waals surface area contributed by atoms with E-state index in [0.717, 1.165) is 21.8 Å². The van der Waals surface area contributed by atoms with Gasteiger partial charge in [-0.2, -0.15) is 0 Å². The lowest BCUT2D eigenvalue weighted by atomic mass is 9.92. The van der Waals surface area contributed by atoms with E-state index in [1.165, 1.54) is 62.1 Å². The number of allylic oxidation sites excluding steroid dienone is 2. The number of aliphatic hydroxyl groups is 2. The Hall–Kier alpha value is -2.26. The van der Waals surface area contributed by atoms with Crippen molar-refractivity contribution in [3.8, 4) is 0 Å². The van der Waals surface area contributed by atoms with E-state index < -0.39 is 12.5 Å². The minimum absolute atomic E-state index is 0. The molecule has 1 aromatic carbocycles. The van der Waals surface area contributed by atoms with Crippen molar-refractivity contribution >= 4 is 31.7 Å². The topological polar surface area (TPSA) is 74.4 Å². The first-order valence-electron chi connectivity index (χ1n) is 13.1. The van der Waals surface area contributed by atoms with Crippen LogP contribution in [-0.4, -0.2) is 51.1 Å². The molecule has 2 aliphatic rings. The van der Waals surface area contributed by atoms with Crippen molar-refractivity contribution in [1.82, 2.24) is 4.48 Å². The van der Waals surface area contributed by atoms with Gasteiger partial charge in [0.15, 0.2) is 5.70 Å². The average molecular weight is 536 g/mol. The Morgan fingerprint density at radius 3 is 2.22 bits per heavy atom. The van der Waals surface area contributed by atoms with Crippen LogP contribution in [0, 0.1) is 0 Å². The molecule has 2 aliphatic heterocycles. The summed E-state index contributed by atoms with van der Waals surface area (Å²) in [6, 6.07) is 12.0. The molecule has 0 atom stereocenters. The third-order valence-corrected chi connectivity index (χ3v) is 6.97. The molecule has 0 spiro atoms. The number of unbranched alkanes of at least 4 members (excludes halogenated alkanes) is 5. The largest absolute Gasteiger partial charge is 0.736 e. The fraction of sp³-hybridized carbons (Fsp3) is 0.464. The molecule has 3 heterocycles. The van der Waals surface area contributed by atoms with Gasteiger partial charge in [0.1, 0.15) is 6.21 Å². The van der Waals surface area contributed by atoms with E-state index in [9.17, 15) is 18.8 Å². The summed E-state index contributed by atoms with van der Waals surface area (Å²) in [5.74, 6) is 0. The van der Waals surface area contributed by atoms with E-state index in [-0.39, 0.29) is 25.6 Å². The second kappa shape index (κ2) is 14.6. The summed E-state index contributed by atoms with van der Waals surface area (Å²) in [7, 11) is 0. The Labute approximate surface area is 225 Å². The smallest absolute Gasteiger partial charge is 0.396 e. The van der Waals surface area contributed by atoms with Crippen LogP contribution in [0.1, 0.15) is 68.7 Å². The molecule has 9 heteroatoms. The molecule has 4 rings (SSSR count). The number of nitrogens with two attached hydrogens (primary N) is 1. The normalized spacial score (nSPS) is 15.1. The maximum absolute atomic E-state index is 13.8. The molecule has 0 fully saturated rings. The minimum atomic E-state index is -3.68. The standard InChI is InChI=1S/C19H33NO2.C9H7BF2N2.ClH/c1-2-3-4-5-6-7-8-17-9-11-18(12-10-17)13-14-19(20,15-21)16-22;11-10(12)13-5-1-3-8(13)7-9-4-2-6-14(9)10;/h9-12,21-22H,2-8,13-16,20H2,1H3;1-7H;1H. The predicted octanol–water partition coefficient (Wildman–Crippen LogP) is 5.34. The molecule has 37 heavy (non-hydrogen) atoms. The first-order valence-corrected chi connectivity index (χ1v) is 13.1. The van der Waals surface area contributed by atoms with E-state index in [0.29, 0.717) is 17.8 Å². The molecule has 0 radical (unpaired) electrons. The van der Waals surface area contributed by atoms with Crippen molar-refractivity contribution in [1.29, 1.82) is 0 Å². The lowest BCUT2D eigenvalue weighted by Crippen LogP contribution is -2.48. The van der Waals surface area contributed by atoms with E-state index >= 15 is 0 Å². The summed E-state index contributed by atoms with van der Waals surface area (Å²) < 4.78 is 29.7. The van der Waals surface area contributed by atoms with Crippen molar-refractivity contribution in [2.24, 2.45) is 5.73 Å². The van der Waals surface area contributed by atoms with Gasteiger partial charge in [-0.25, -0.2) is 0 Å². The van der Waals surface area contributed by atoms with Gasteiger partial charge in [-0.15, -0.1) is 12.4 Å². The second-order valence-corrected chi connectivity index (χ2v) is 9.93. The van der Waals surface area contributed by atoms with Gasteiger partial charge < -0.3 is 33.5 Å². The van der Waals surface area contributed by atoms with Crippen LogP contribution in [0.4, 0.5) is 8.63 Å². The number of hydrogen-bond donors (Lipinski definition) is 3. The average Bonchev–Trinajstić information content (AvgIpc) is 3.57. The number of nitrogens with zero attached hydrogens (tertiary/aromatic N) is 2. The lowest BCUT2D eigenvalue weighted by Gasteiger charge is -2.27. The van der Waals surface area contributed by atoms with Crippen LogP contribution in [-0.2, 0) is 12.8 Å². The first-order chi connectivity index (χ1) is 17.3. The van der Waals surface area contributed by atoms with Crippen molar-refractivity contribution in [3.05, 3.63) is 77.3 Å². The highest BCUT2D eigenvalue weighted by atomic mass is 35.5. The van der Waals surface area contributed by atoms with Crippen LogP contribution in [0.25, 0.3) is 6.08 Å². The summed E-state index contributed by atoms with van der Waals surface area (Å²) in [6.45, 7) is -1.80. The zero-order valence-corrected chi connectivity index (χ0v) is 22.6. The van der Waals surface area contributed by atoms with E-state index in [4.69, 9.17) is 5.73 Å². The summed E-state index contributed by atoms with van der Waals surface area (Å²) >= 11 is 0. The Morgan fingerprint density at radius 1 is 0.946 bits per heavy atom. The van der Waals surface area contributed by atoms with Gasteiger partial charge in [0.25, 0.3) is 0 Å². The van der Waals surface area contributed by atoms with Gasteiger partial charge in [-0.1, -0.05) is 63.3 Å². The van der Waals surface area contributed by atoms with Gasteiger partial charge >= 0.3 is 6.97 Å². The van der Waals surface area contributed by atoms with Gasteiger partial charge in [-0.3, -0.25) is 0 Å². The zero-order valence-electron chi connectivity index (χ0n) is 21.7.